The quantitative estimate of drug-likeness (QED) is 0.678. The first-order chi connectivity index (χ1) is 10.1. The monoisotopic (exact) mass is 285 g/mol. The summed E-state index contributed by atoms with van der Waals surface area (Å²) in [5.41, 5.74) is -0.569. The molecule has 0 bridgehead atoms. The van der Waals surface area contributed by atoms with Crippen molar-refractivity contribution in [1.29, 1.82) is 0 Å². The third-order valence-corrected chi connectivity index (χ3v) is 3.62. The number of nitrogens with zero attached hydrogens (tertiary/aromatic N) is 1. The van der Waals surface area contributed by atoms with Crippen LogP contribution in [-0.2, 0) is 0 Å². The van der Waals surface area contributed by atoms with Crippen molar-refractivity contribution in [3.8, 4) is 18.1 Å². The van der Waals surface area contributed by atoms with Crippen LogP contribution in [0.4, 0.5) is 0 Å². The van der Waals surface area contributed by atoms with E-state index in [4.69, 9.17) is 11.2 Å². The van der Waals surface area contributed by atoms with Gasteiger partial charge in [0.1, 0.15) is 18.0 Å². The summed E-state index contributed by atoms with van der Waals surface area (Å²) in [6.07, 6.45) is 7.74. The SMILES string of the molecule is C#CC1(O)CCN(C(=O)c2ccccc2OCC=C)CC1. The number of para-hydroxylation sites is 1. The molecule has 110 valence electrons. The molecule has 0 atom stereocenters. The second-order valence-corrected chi connectivity index (χ2v) is 5.06. The fraction of sp³-hybridized carbons (Fsp3) is 0.353. The maximum Gasteiger partial charge on any atom is 0.257 e. The van der Waals surface area contributed by atoms with Crippen molar-refractivity contribution in [3.05, 3.63) is 42.5 Å². The Hall–Kier alpha value is -2.25. The second-order valence-electron chi connectivity index (χ2n) is 5.06. The number of ether oxygens (including phenoxy) is 1. The zero-order valence-electron chi connectivity index (χ0n) is 11.9. The van der Waals surface area contributed by atoms with Gasteiger partial charge in [-0.1, -0.05) is 30.7 Å². The van der Waals surface area contributed by atoms with E-state index in [2.05, 4.69) is 12.5 Å². The molecule has 1 heterocycles. The summed E-state index contributed by atoms with van der Waals surface area (Å²) in [5, 5.41) is 10.0. The van der Waals surface area contributed by atoms with E-state index < -0.39 is 5.60 Å². The Morgan fingerprint density at radius 3 is 2.76 bits per heavy atom. The van der Waals surface area contributed by atoms with E-state index in [1.807, 2.05) is 6.07 Å². The zero-order chi connectivity index (χ0) is 15.3. The van der Waals surface area contributed by atoms with Gasteiger partial charge in [-0.25, -0.2) is 0 Å². The van der Waals surface area contributed by atoms with Gasteiger partial charge in [-0.2, -0.15) is 0 Å². The molecule has 1 aliphatic heterocycles. The molecule has 4 nitrogen and oxygen atoms in total. The standard InChI is InChI=1S/C17H19NO3/c1-3-13-21-15-8-6-5-7-14(15)16(19)18-11-9-17(20,4-2)10-12-18/h2-3,5-8,20H,1,9-13H2. The number of carbonyl (C=O) groups is 1. The van der Waals surface area contributed by atoms with Crippen LogP contribution in [0.1, 0.15) is 23.2 Å². The number of aliphatic hydroxyl groups is 1. The van der Waals surface area contributed by atoms with Gasteiger partial charge in [0.25, 0.3) is 5.91 Å². The molecule has 21 heavy (non-hydrogen) atoms. The van der Waals surface area contributed by atoms with Gasteiger partial charge in [-0.3, -0.25) is 4.79 Å². The molecule has 0 unspecified atom stereocenters. The maximum atomic E-state index is 12.6. The minimum Gasteiger partial charge on any atom is -0.489 e. The highest BCUT2D eigenvalue weighted by atomic mass is 16.5. The average Bonchev–Trinajstić information content (AvgIpc) is 2.53. The lowest BCUT2D eigenvalue weighted by Gasteiger charge is -2.35. The van der Waals surface area contributed by atoms with Gasteiger partial charge in [-0.05, 0) is 12.1 Å². The molecule has 1 aromatic rings. The molecule has 1 N–H and O–H groups in total. The van der Waals surface area contributed by atoms with Gasteiger partial charge in [0.05, 0.1) is 5.56 Å². The number of piperidine rings is 1. The Labute approximate surface area is 125 Å². The summed E-state index contributed by atoms with van der Waals surface area (Å²) in [6.45, 7) is 4.83. The summed E-state index contributed by atoms with van der Waals surface area (Å²) in [4.78, 5) is 14.3. The number of amides is 1. The summed E-state index contributed by atoms with van der Waals surface area (Å²) in [6, 6.07) is 7.12. The molecule has 2 rings (SSSR count). The topological polar surface area (TPSA) is 49.8 Å². The number of terminal acetylenes is 1. The minimum atomic E-state index is -1.09. The van der Waals surface area contributed by atoms with Crippen LogP contribution in [0.3, 0.4) is 0 Å². The van der Waals surface area contributed by atoms with Crippen molar-refractivity contribution in [2.45, 2.75) is 18.4 Å². The van der Waals surface area contributed by atoms with Gasteiger partial charge in [0.2, 0.25) is 0 Å². The van der Waals surface area contributed by atoms with Crippen LogP contribution in [0.25, 0.3) is 0 Å². The Kier molecular flexibility index (Phi) is 4.66. The fourth-order valence-electron chi connectivity index (χ4n) is 2.31. The summed E-state index contributed by atoms with van der Waals surface area (Å²) in [5.74, 6) is 2.84. The molecule has 0 radical (unpaired) electrons. The van der Waals surface area contributed by atoms with Crippen molar-refractivity contribution in [3.63, 3.8) is 0 Å². The van der Waals surface area contributed by atoms with Crippen molar-refractivity contribution in [1.82, 2.24) is 4.90 Å². The first-order valence-corrected chi connectivity index (χ1v) is 6.92. The molecule has 1 saturated heterocycles. The number of rotatable bonds is 4. The molecule has 1 amide bonds. The molecule has 0 aromatic heterocycles. The third-order valence-electron chi connectivity index (χ3n) is 3.62. The van der Waals surface area contributed by atoms with Crippen molar-refractivity contribution in [2.24, 2.45) is 0 Å². The molecule has 4 heteroatoms. The first kappa shape index (κ1) is 15.1. The van der Waals surface area contributed by atoms with E-state index in [9.17, 15) is 9.90 Å². The van der Waals surface area contributed by atoms with Crippen LogP contribution in [0.5, 0.6) is 5.75 Å². The van der Waals surface area contributed by atoms with E-state index >= 15 is 0 Å². The highest BCUT2D eigenvalue weighted by molar-refractivity contribution is 5.97. The molecule has 0 spiro atoms. The second kappa shape index (κ2) is 6.47. The molecule has 0 aliphatic carbocycles. The lowest BCUT2D eigenvalue weighted by molar-refractivity contribution is 0.0248. The maximum absolute atomic E-state index is 12.6. The highest BCUT2D eigenvalue weighted by Gasteiger charge is 2.32. The molecule has 1 aromatic carbocycles. The van der Waals surface area contributed by atoms with Gasteiger partial charge < -0.3 is 14.7 Å². The molecular weight excluding hydrogens is 266 g/mol. The summed E-state index contributed by atoms with van der Waals surface area (Å²) >= 11 is 0. The van der Waals surface area contributed by atoms with Gasteiger partial charge >= 0.3 is 0 Å². The summed E-state index contributed by atoms with van der Waals surface area (Å²) in [7, 11) is 0. The smallest absolute Gasteiger partial charge is 0.257 e. The summed E-state index contributed by atoms with van der Waals surface area (Å²) < 4.78 is 5.51. The van der Waals surface area contributed by atoms with Crippen molar-refractivity contribution in [2.75, 3.05) is 19.7 Å². The van der Waals surface area contributed by atoms with Crippen LogP contribution >= 0.6 is 0 Å². The van der Waals surface area contributed by atoms with Crippen LogP contribution < -0.4 is 4.74 Å². The number of benzene rings is 1. The van der Waals surface area contributed by atoms with E-state index in [0.717, 1.165) is 0 Å². The van der Waals surface area contributed by atoms with E-state index in [1.165, 1.54) is 0 Å². The Balaban J connectivity index is 2.11. The molecule has 0 saturated carbocycles. The molecule has 1 fully saturated rings. The number of carbonyl (C=O) groups excluding carboxylic acids is 1. The lowest BCUT2D eigenvalue weighted by Crippen LogP contribution is -2.46. The first-order valence-electron chi connectivity index (χ1n) is 6.92. The van der Waals surface area contributed by atoms with Gasteiger partial charge in [-0.15, -0.1) is 6.42 Å². The van der Waals surface area contributed by atoms with Gasteiger partial charge in [0.15, 0.2) is 0 Å². The normalized spacial score (nSPS) is 16.9. The van der Waals surface area contributed by atoms with E-state index in [0.29, 0.717) is 43.9 Å². The fourth-order valence-corrected chi connectivity index (χ4v) is 2.31. The average molecular weight is 285 g/mol. The van der Waals surface area contributed by atoms with Crippen LogP contribution in [0.15, 0.2) is 36.9 Å². The largest absolute Gasteiger partial charge is 0.489 e. The Morgan fingerprint density at radius 2 is 2.14 bits per heavy atom. The van der Waals surface area contributed by atoms with E-state index in [1.54, 1.807) is 29.2 Å². The third kappa shape index (κ3) is 3.45. The predicted octanol–water partition coefficient (Wildman–Crippen LogP) is 1.85. The van der Waals surface area contributed by atoms with Crippen LogP contribution in [-0.4, -0.2) is 41.2 Å². The lowest BCUT2D eigenvalue weighted by atomic mass is 9.92. The predicted molar refractivity (Wildman–Crippen MR) is 81.1 cm³/mol. The van der Waals surface area contributed by atoms with E-state index in [-0.39, 0.29) is 5.91 Å². The Bertz CT molecular complexity index is 566. The van der Waals surface area contributed by atoms with Crippen LogP contribution in [0.2, 0.25) is 0 Å². The number of hydrogen-bond acceptors (Lipinski definition) is 3. The van der Waals surface area contributed by atoms with Crippen LogP contribution in [0, 0.1) is 12.3 Å². The minimum absolute atomic E-state index is 0.103. The molecule has 1 aliphatic rings. The molecular formula is C17H19NO3. The highest BCUT2D eigenvalue weighted by Crippen LogP contribution is 2.25. The van der Waals surface area contributed by atoms with Crippen molar-refractivity contribution < 1.29 is 14.6 Å². The van der Waals surface area contributed by atoms with Gasteiger partial charge in [0, 0.05) is 25.9 Å². The van der Waals surface area contributed by atoms with Crippen molar-refractivity contribution >= 4 is 5.91 Å². The zero-order valence-corrected chi connectivity index (χ0v) is 11.9. The Morgan fingerprint density at radius 1 is 1.48 bits per heavy atom. The number of hydrogen-bond donors (Lipinski definition) is 1. The number of likely N-dealkylation sites (tertiary alicyclic amines) is 1.